The zero-order chi connectivity index (χ0) is 19.9. The first kappa shape index (κ1) is 20.2. The Bertz CT molecular complexity index is 893. The van der Waals surface area contributed by atoms with Crippen molar-refractivity contribution in [1.82, 2.24) is 9.88 Å². The molecule has 0 bridgehead atoms. The van der Waals surface area contributed by atoms with Gasteiger partial charge < -0.3 is 14.2 Å². The molecule has 28 heavy (non-hydrogen) atoms. The van der Waals surface area contributed by atoms with Crippen LogP contribution in [0.1, 0.15) is 18.2 Å². The molecule has 0 aliphatic rings. The molecule has 0 radical (unpaired) electrons. The molecule has 0 atom stereocenters. The molecule has 0 unspecified atom stereocenters. The van der Waals surface area contributed by atoms with E-state index < -0.39 is 0 Å². The Morgan fingerprint density at radius 1 is 1.00 bits per heavy atom. The van der Waals surface area contributed by atoms with Crippen LogP contribution < -0.4 is 14.2 Å². The fourth-order valence-corrected chi connectivity index (χ4v) is 3.89. The highest BCUT2D eigenvalue weighted by atomic mass is 32.1. The molecule has 0 fully saturated rings. The molecule has 0 aliphatic carbocycles. The molecule has 3 aromatic rings. The fraction of sp³-hybridized carbons (Fsp3) is 0.318. The monoisotopic (exact) mass is 398 g/mol. The van der Waals surface area contributed by atoms with Crippen LogP contribution >= 0.6 is 11.3 Å². The number of hydrogen-bond acceptors (Lipinski definition) is 6. The Balaban J connectivity index is 1.66. The number of thiazole rings is 1. The highest BCUT2D eigenvalue weighted by Crippen LogP contribution is 2.32. The number of methoxy groups -OCH3 is 2. The summed E-state index contributed by atoms with van der Waals surface area (Å²) in [6, 6.07) is 14.0. The molecule has 5 nitrogen and oxygen atoms in total. The van der Waals surface area contributed by atoms with Crippen molar-refractivity contribution in [2.45, 2.75) is 20.0 Å². The molecule has 0 saturated carbocycles. The van der Waals surface area contributed by atoms with Crippen LogP contribution in [-0.4, -0.2) is 37.8 Å². The van der Waals surface area contributed by atoms with Gasteiger partial charge in [-0.1, -0.05) is 12.1 Å². The van der Waals surface area contributed by atoms with E-state index in [1.165, 1.54) is 0 Å². The second-order valence-electron chi connectivity index (χ2n) is 6.43. The minimum atomic E-state index is 0.672. The highest BCUT2D eigenvalue weighted by Gasteiger charge is 2.13. The van der Waals surface area contributed by atoms with Crippen LogP contribution in [0.2, 0.25) is 0 Å². The van der Waals surface area contributed by atoms with Gasteiger partial charge in [0.1, 0.15) is 10.8 Å². The summed E-state index contributed by atoms with van der Waals surface area (Å²) in [5.74, 6) is 2.42. The number of nitrogens with zero attached hydrogens (tertiary/aromatic N) is 2. The normalized spacial score (nSPS) is 10.9. The van der Waals surface area contributed by atoms with Gasteiger partial charge in [-0.15, -0.1) is 11.3 Å². The SMILES string of the molecule is CCOc1ccc(-c2nc(CN(C)Cc3cccc(OC)c3OC)cs2)cc1. The van der Waals surface area contributed by atoms with Gasteiger partial charge in [-0.05, 0) is 44.3 Å². The average molecular weight is 399 g/mol. The van der Waals surface area contributed by atoms with Crippen LogP contribution in [0.4, 0.5) is 0 Å². The van der Waals surface area contributed by atoms with E-state index in [9.17, 15) is 0 Å². The van der Waals surface area contributed by atoms with E-state index in [2.05, 4.69) is 35.5 Å². The number of rotatable bonds is 9. The molecule has 2 aromatic carbocycles. The quantitative estimate of drug-likeness (QED) is 0.515. The van der Waals surface area contributed by atoms with E-state index >= 15 is 0 Å². The predicted molar refractivity (Wildman–Crippen MR) is 113 cm³/mol. The van der Waals surface area contributed by atoms with E-state index in [1.54, 1.807) is 25.6 Å². The highest BCUT2D eigenvalue weighted by molar-refractivity contribution is 7.13. The summed E-state index contributed by atoms with van der Waals surface area (Å²) in [4.78, 5) is 7.01. The second-order valence-corrected chi connectivity index (χ2v) is 7.28. The van der Waals surface area contributed by atoms with Crippen molar-refractivity contribution in [2.75, 3.05) is 27.9 Å². The molecular weight excluding hydrogens is 372 g/mol. The number of ether oxygens (including phenoxy) is 3. The lowest BCUT2D eigenvalue weighted by atomic mass is 10.1. The van der Waals surface area contributed by atoms with E-state index in [4.69, 9.17) is 19.2 Å². The summed E-state index contributed by atoms with van der Waals surface area (Å²) >= 11 is 1.66. The molecule has 0 saturated heterocycles. The van der Waals surface area contributed by atoms with Crippen LogP contribution in [-0.2, 0) is 13.1 Å². The molecule has 1 heterocycles. The number of benzene rings is 2. The minimum Gasteiger partial charge on any atom is -0.494 e. The summed E-state index contributed by atoms with van der Waals surface area (Å²) in [6.07, 6.45) is 0. The maximum absolute atomic E-state index is 5.53. The van der Waals surface area contributed by atoms with Gasteiger partial charge in [0.2, 0.25) is 0 Å². The van der Waals surface area contributed by atoms with Gasteiger partial charge in [0.25, 0.3) is 0 Å². The first-order valence-electron chi connectivity index (χ1n) is 9.20. The van der Waals surface area contributed by atoms with E-state index in [-0.39, 0.29) is 0 Å². The summed E-state index contributed by atoms with van der Waals surface area (Å²) in [5, 5.41) is 3.14. The fourth-order valence-electron chi connectivity index (χ4n) is 3.07. The Morgan fingerprint density at radius 2 is 1.79 bits per heavy atom. The molecular formula is C22H26N2O3S. The summed E-state index contributed by atoms with van der Waals surface area (Å²) in [7, 11) is 5.41. The van der Waals surface area contributed by atoms with Crippen molar-refractivity contribution in [3.05, 3.63) is 59.1 Å². The molecule has 6 heteroatoms. The van der Waals surface area contributed by atoms with Crippen LogP contribution in [0.3, 0.4) is 0 Å². The third-order valence-corrected chi connectivity index (χ3v) is 5.26. The van der Waals surface area contributed by atoms with Crippen molar-refractivity contribution in [3.63, 3.8) is 0 Å². The molecule has 0 N–H and O–H groups in total. The second kappa shape index (κ2) is 9.57. The Labute approximate surface area is 170 Å². The maximum Gasteiger partial charge on any atom is 0.165 e. The predicted octanol–water partition coefficient (Wildman–Crippen LogP) is 4.86. The lowest BCUT2D eigenvalue weighted by molar-refractivity contribution is 0.301. The Kier molecular flexibility index (Phi) is 6.90. The van der Waals surface area contributed by atoms with Crippen molar-refractivity contribution in [2.24, 2.45) is 0 Å². The molecule has 3 rings (SSSR count). The standard InChI is InChI=1S/C22H26N2O3S/c1-5-27-19-11-9-16(10-12-19)22-23-18(15-28-22)14-24(2)13-17-7-6-8-20(25-3)21(17)26-4/h6-12,15H,5,13-14H2,1-4H3. The summed E-state index contributed by atoms with van der Waals surface area (Å²) in [5.41, 5.74) is 3.25. The van der Waals surface area contributed by atoms with Gasteiger partial charge in [0.05, 0.1) is 26.5 Å². The first-order valence-corrected chi connectivity index (χ1v) is 10.1. The Morgan fingerprint density at radius 3 is 2.46 bits per heavy atom. The lowest BCUT2D eigenvalue weighted by Gasteiger charge is -2.18. The van der Waals surface area contributed by atoms with Crippen LogP contribution in [0, 0.1) is 0 Å². The van der Waals surface area contributed by atoms with Crippen LogP contribution in [0.15, 0.2) is 47.8 Å². The van der Waals surface area contributed by atoms with Gasteiger partial charge in [0.15, 0.2) is 11.5 Å². The topological polar surface area (TPSA) is 43.8 Å². The van der Waals surface area contributed by atoms with E-state index in [0.717, 1.165) is 52.2 Å². The molecule has 1 aromatic heterocycles. The van der Waals surface area contributed by atoms with E-state index in [0.29, 0.717) is 6.61 Å². The van der Waals surface area contributed by atoms with Crippen molar-refractivity contribution in [1.29, 1.82) is 0 Å². The van der Waals surface area contributed by atoms with Gasteiger partial charge in [0, 0.05) is 29.6 Å². The number of para-hydroxylation sites is 1. The largest absolute Gasteiger partial charge is 0.494 e. The van der Waals surface area contributed by atoms with Gasteiger partial charge >= 0.3 is 0 Å². The lowest BCUT2D eigenvalue weighted by Crippen LogP contribution is -2.18. The van der Waals surface area contributed by atoms with Crippen LogP contribution in [0.5, 0.6) is 17.2 Å². The van der Waals surface area contributed by atoms with Gasteiger partial charge in [-0.2, -0.15) is 0 Å². The molecule has 0 aliphatic heterocycles. The summed E-state index contributed by atoms with van der Waals surface area (Å²) < 4.78 is 16.4. The molecule has 0 amide bonds. The van der Waals surface area contributed by atoms with Crippen molar-refractivity contribution in [3.8, 4) is 27.8 Å². The Hall–Kier alpha value is -2.57. The molecule has 0 spiro atoms. The van der Waals surface area contributed by atoms with Crippen LogP contribution in [0.25, 0.3) is 10.6 Å². The zero-order valence-electron chi connectivity index (χ0n) is 16.8. The maximum atomic E-state index is 5.53. The first-order chi connectivity index (χ1) is 13.6. The summed E-state index contributed by atoms with van der Waals surface area (Å²) in [6.45, 7) is 4.16. The third-order valence-electron chi connectivity index (χ3n) is 4.32. The minimum absolute atomic E-state index is 0.672. The zero-order valence-corrected chi connectivity index (χ0v) is 17.6. The average Bonchev–Trinajstić information content (AvgIpc) is 3.16. The smallest absolute Gasteiger partial charge is 0.165 e. The number of hydrogen-bond donors (Lipinski definition) is 0. The van der Waals surface area contributed by atoms with Crippen molar-refractivity contribution >= 4 is 11.3 Å². The third kappa shape index (κ3) is 4.82. The van der Waals surface area contributed by atoms with Gasteiger partial charge in [-0.25, -0.2) is 4.98 Å². The number of aromatic nitrogens is 1. The molecule has 148 valence electrons. The van der Waals surface area contributed by atoms with E-state index in [1.807, 2.05) is 31.2 Å². The van der Waals surface area contributed by atoms with Crippen molar-refractivity contribution < 1.29 is 14.2 Å². The van der Waals surface area contributed by atoms with Gasteiger partial charge in [-0.3, -0.25) is 4.90 Å².